The Hall–Kier alpha value is -2.29. The molecule has 0 aliphatic carbocycles. The van der Waals surface area contributed by atoms with Crippen LogP contribution in [-0.4, -0.2) is 11.6 Å². The van der Waals surface area contributed by atoms with E-state index in [2.05, 4.69) is 0 Å². The van der Waals surface area contributed by atoms with Gasteiger partial charge in [0.15, 0.2) is 18.5 Å². The fourth-order valence-corrected chi connectivity index (χ4v) is 1.97. The van der Waals surface area contributed by atoms with Crippen LogP contribution in [-0.2, 0) is 6.54 Å². The molecule has 0 aliphatic rings. The molecule has 0 amide bonds. The highest BCUT2D eigenvalue weighted by atomic mass is 16.1. The first kappa shape index (κ1) is 15.8. The molecule has 0 bridgehead atoms. The number of rotatable bonds is 4. The molecular formula is C17H19NO2. The van der Waals surface area contributed by atoms with E-state index in [9.17, 15) is 9.59 Å². The molecule has 0 spiro atoms. The van der Waals surface area contributed by atoms with Crippen molar-refractivity contribution in [3.63, 3.8) is 0 Å². The number of benzene rings is 1. The lowest BCUT2D eigenvalue weighted by atomic mass is 10.1. The lowest BCUT2D eigenvalue weighted by molar-refractivity contribution is -0.690. The molecule has 104 valence electrons. The minimum Gasteiger partial charge on any atom is -0.358 e. The largest absolute Gasteiger partial charge is 0.358 e. The van der Waals surface area contributed by atoms with Crippen molar-refractivity contribution in [1.82, 2.24) is 0 Å². The zero-order valence-corrected chi connectivity index (χ0v) is 12.1. The Balaban J connectivity index is 0.00000200. The molecule has 1 aromatic carbocycles. The van der Waals surface area contributed by atoms with Crippen LogP contribution in [0.5, 0.6) is 0 Å². The third kappa shape index (κ3) is 3.60. The van der Waals surface area contributed by atoms with E-state index in [1.807, 2.05) is 34.9 Å². The Morgan fingerprint density at radius 2 is 1.65 bits per heavy atom. The Labute approximate surface area is 119 Å². The van der Waals surface area contributed by atoms with Gasteiger partial charge in [-0.2, -0.15) is 4.57 Å². The number of hydrogen-bond acceptors (Lipinski definition) is 2. The maximum Gasteiger partial charge on any atom is 0.249 e. The SMILES string of the molecule is CC(=O)c1cc[n+](Cc2ccccc2)c(C(C)=O)c1.[CH3-]. The number of Topliss-reactive ketones (excluding diaryl/α,β-unsaturated/α-hetero) is 2. The summed E-state index contributed by atoms with van der Waals surface area (Å²) in [4.78, 5) is 23.1. The number of hydrogen-bond donors (Lipinski definition) is 0. The van der Waals surface area contributed by atoms with Gasteiger partial charge < -0.3 is 7.43 Å². The summed E-state index contributed by atoms with van der Waals surface area (Å²) in [6, 6.07) is 13.3. The van der Waals surface area contributed by atoms with Crippen molar-refractivity contribution in [3.8, 4) is 0 Å². The fraction of sp³-hybridized carbons (Fsp3) is 0.176. The quantitative estimate of drug-likeness (QED) is 0.486. The van der Waals surface area contributed by atoms with Gasteiger partial charge in [-0.05, 0) is 6.92 Å². The summed E-state index contributed by atoms with van der Waals surface area (Å²) >= 11 is 0. The van der Waals surface area contributed by atoms with Crippen LogP contribution in [0.2, 0.25) is 0 Å². The van der Waals surface area contributed by atoms with Crippen molar-refractivity contribution in [2.75, 3.05) is 0 Å². The van der Waals surface area contributed by atoms with E-state index in [-0.39, 0.29) is 19.0 Å². The predicted molar refractivity (Wildman–Crippen MR) is 78.6 cm³/mol. The second kappa shape index (κ2) is 6.75. The Kier molecular flexibility index (Phi) is 5.32. The minimum absolute atomic E-state index is 0. The summed E-state index contributed by atoms with van der Waals surface area (Å²) in [5.41, 5.74) is 2.23. The topological polar surface area (TPSA) is 38.0 Å². The standard InChI is InChI=1S/C16H16NO2.CH3/c1-12(18)15-8-9-17(16(10-15)13(2)19)11-14-6-4-3-5-7-14;/h3-10H,11H2,1-2H3;1H3/q+1;-1. The van der Waals surface area contributed by atoms with Crippen molar-refractivity contribution < 1.29 is 14.2 Å². The molecule has 0 radical (unpaired) electrons. The monoisotopic (exact) mass is 269 g/mol. The molecule has 3 heteroatoms. The molecule has 1 heterocycles. The summed E-state index contributed by atoms with van der Waals surface area (Å²) in [5, 5.41) is 0. The predicted octanol–water partition coefficient (Wildman–Crippen LogP) is 2.88. The van der Waals surface area contributed by atoms with Gasteiger partial charge in [-0.25, -0.2) is 0 Å². The maximum atomic E-state index is 11.7. The molecule has 2 aromatic rings. The van der Waals surface area contributed by atoms with Crippen LogP contribution in [0.3, 0.4) is 0 Å². The van der Waals surface area contributed by atoms with Gasteiger partial charge >= 0.3 is 0 Å². The molecule has 1 aromatic heterocycles. The van der Waals surface area contributed by atoms with Crippen LogP contribution < -0.4 is 4.57 Å². The third-order valence-electron chi connectivity index (χ3n) is 3.00. The first-order valence-corrected chi connectivity index (χ1v) is 6.17. The number of carbonyl (C=O) groups is 2. The van der Waals surface area contributed by atoms with E-state index in [4.69, 9.17) is 0 Å². The smallest absolute Gasteiger partial charge is 0.249 e. The first-order chi connectivity index (χ1) is 9.08. The number of carbonyl (C=O) groups excluding carboxylic acids is 2. The van der Waals surface area contributed by atoms with Gasteiger partial charge in [0, 0.05) is 30.2 Å². The van der Waals surface area contributed by atoms with Crippen LogP contribution in [0.15, 0.2) is 48.7 Å². The molecule has 0 fully saturated rings. The highest BCUT2D eigenvalue weighted by Gasteiger charge is 2.17. The van der Waals surface area contributed by atoms with Crippen molar-refractivity contribution in [3.05, 3.63) is 72.9 Å². The number of pyridine rings is 1. The van der Waals surface area contributed by atoms with Gasteiger partial charge in [-0.1, -0.05) is 30.3 Å². The van der Waals surface area contributed by atoms with Gasteiger partial charge in [0.05, 0.1) is 0 Å². The van der Waals surface area contributed by atoms with E-state index in [1.54, 1.807) is 18.3 Å². The number of nitrogens with zero attached hydrogens (tertiary/aromatic N) is 1. The van der Waals surface area contributed by atoms with Gasteiger partial charge in [-0.3, -0.25) is 9.59 Å². The average Bonchev–Trinajstić information content (AvgIpc) is 2.39. The van der Waals surface area contributed by atoms with E-state index < -0.39 is 0 Å². The molecule has 20 heavy (non-hydrogen) atoms. The molecular weight excluding hydrogens is 250 g/mol. The van der Waals surface area contributed by atoms with Crippen LogP contribution in [0, 0.1) is 7.43 Å². The van der Waals surface area contributed by atoms with Crippen molar-refractivity contribution >= 4 is 11.6 Å². The van der Waals surface area contributed by atoms with Crippen LogP contribution in [0.1, 0.15) is 40.3 Å². The number of ketones is 2. The lowest BCUT2D eigenvalue weighted by Gasteiger charge is -2.03. The van der Waals surface area contributed by atoms with Crippen molar-refractivity contribution in [2.24, 2.45) is 0 Å². The van der Waals surface area contributed by atoms with E-state index in [1.165, 1.54) is 13.8 Å². The summed E-state index contributed by atoms with van der Waals surface area (Å²) in [6.07, 6.45) is 1.79. The van der Waals surface area contributed by atoms with Crippen LogP contribution in [0.25, 0.3) is 0 Å². The minimum atomic E-state index is -0.0426. The molecule has 0 saturated heterocycles. The third-order valence-corrected chi connectivity index (χ3v) is 3.00. The van der Waals surface area contributed by atoms with Gasteiger partial charge in [0.25, 0.3) is 0 Å². The molecule has 0 N–H and O–H groups in total. The van der Waals surface area contributed by atoms with Crippen molar-refractivity contribution in [2.45, 2.75) is 20.4 Å². The summed E-state index contributed by atoms with van der Waals surface area (Å²) in [5.74, 6) is -0.0756. The first-order valence-electron chi connectivity index (χ1n) is 6.17. The highest BCUT2D eigenvalue weighted by Crippen LogP contribution is 2.05. The van der Waals surface area contributed by atoms with E-state index in [0.29, 0.717) is 17.8 Å². The normalized spacial score (nSPS) is 9.70. The molecule has 0 saturated carbocycles. The Morgan fingerprint density at radius 3 is 2.20 bits per heavy atom. The maximum absolute atomic E-state index is 11.7. The number of aromatic nitrogens is 1. The van der Waals surface area contributed by atoms with Gasteiger partial charge in [-0.15, -0.1) is 0 Å². The summed E-state index contributed by atoms with van der Waals surface area (Å²) < 4.78 is 1.87. The molecule has 2 rings (SSSR count). The van der Waals surface area contributed by atoms with E-state index >= 15 is 0 Å². The zero-order valence-electron chi connectivity index (χ0n) is 12.1. The zero-order chi connectivity index (χ0) is 13.8. The van der Waals surface area contributed by atoms with Crippen LogP contribution >= 0.6 is 0 Å². The fourth-order valence-electron chi connectivity index (χ4n) is 1.97. The van der Waals surface area contributed by atoms with Gasteiger partial charge in [0.2, 0.25) is 11.5 Å². The van der Waals surface area contributed by atoms with Gasteiger partial charge in [0.1, 0.15) is 0 Å². The molecule has 0 atom stereocenters. The molecule has 0 aliphatic heterocycles. The Morgan fingerprint density at radius 1 is 1.00 bits per heavy atom. The lowest BCUT2D eigenvalue weighted by Crippen LogP contribution is -2.40. The second-order valence-electron chi connectivity index (χ2n) is 4.53. The summed E-state index contributed by atoms with van der Waals surface area (Å²) in [7, 11) is 0. The average molecular weight is 269 g/mol. The molecule has 0 unspecified atom stereocenters. The highest BCUT2D eigenvalue weighted by molar-refractivity contribution is 5.97. The van der Waals surface area contributed by atoms with Crippen LogP contribution in [0.4, 0.5) is 0 Å². The van der Waals surface area contributed by atoms with E-state index in [0.717, 1.165) is 5.56 Å². The second-order valence-corrected chi connectivity index (χ2v) is 4.53. The summed E-state index contributed by atoms with van der Waals surface area (Å²) in [6.45, 7) is 3.63. The van der Waals surface area contributed by atoms with Crippen molar-refractivity contribution in [1.29, 1.82) is 0 Å². The Bertz CT molecular complexity index is 618. The molecule has 3 nitrogen and oxygen atoms in total.